The number of ketones is 1. The van der Waals surface area contributed by atoms with Gasteiger partial charge in [-0.05, 0) is 12.8 Å². The van der Waals surface area contributed by atoms with Crippen LogP contribution in [-0.4, -0.2) is 40.2 Å². The minimum absolute atomic E-state index is 0.0146. The summed E-state index contributed by atoms with van der Waals surface area (Å²) in [6, 6.07) is 9.11. The number of rotatable bonds is 6. The molecule has 30 heavy (non-hydrogen) atoms. The molecule has 0 bridgehead atoms. The molecule has 1 fully saturated rings. The molecule has 2 aliphatic rings. The maximum Gasteiger partial charge on any atom is 0.321 e. The molecule has 1 saturated carbocycles. The first-order valence-corrected chi connectivity index (χ1v) is 11.3. The van der Waals surface area contributed by atoms with Crippen LogP contribution in [0.4, 0.5) is 9.93 Å². The number of nitrogens with one attached hydrogen (secondary N) is 2. The Morgan fingerprint density at radius 3 is 2.63 bits per heavy atom. The van der Waals surface area contributed by atoms with Crippen molar-refractivity contribution in [3.63, 3.8) is 0 Å². The number of anilines is 1. The third-order valence-electron chi connectivity index (χ3n) is 5.66. The van der Waals surface area contributed by atoms with E-state index in [2.05, 4.69) is 15.6 Å². The number of fused-ring (bicyclic) bond motifs is 1. The number of hydrogen-bond acceptors (Lipinski definition) is 5. The first-order chi connectivity index (χ1) is 14.6. The van der Waals surface area contributed by atoms with Crippen molar-refractivity contribution >= 4 is 34.2 Å². The smallest absolute Gasteiger partial charge is 0.321 e. The number of thiazole rings is 1. The van der Waals surface area contributed by atoms with Gasteiger partial charge in [0.25, 0.3) is 0 Å². The summed E-state index contributed by atoms with van der Waals surface area (Å²) >= 11 is 1.42. The van der Waals surface area contributed by atoms with E-state index in [1.54, 1.807) is 17.0 Å². The van der Waals surface area contributed by atoms with E-state index in [9.17, 15) is 14.4 Å². The number of hydrogen-bond donors (Lipinski definition) is 2. The van der Waals surface area contributed by atoms with Gasteiger partial charge in [0.2, 0.25) is 5.91 Å². The van der Waals surface area contributed by atoms with Gasteiger partial charge >= 0.3 is 6.03 Å². The number of nitrogens with zero attached hydrogens (tertiary/aromatic N) is 2. The Morgan fingerprint density at radius 1 is 1.10 bits per heavy atom. The van der Waals surface area contributed by atoms with Gasteiger partial charge in [-0.15, -0.1) is 0 Å². The van der Waals surface area contributed by atoms with Gasteiger partial charge < -0.3 is 10.2 Å². The van der Waals surface area contributed by atoms with Gasteiger partial charge in [-0.2, -0.15) is 0 Å². The maximum absolute atomic E-state index is 12.6. The molecule has 1 aliphatic carbocycles. The van der Waals surface area contributed by atoms with Gasteiger partial charge in [0.05, 0.1) is 12.2 Å². The second kappa shape index (κ2) is 9.38. The Hall–Kier alpha value is -2.74. The summed E-state index contributed by atoms with van der Waals surface area (Å²) < 4.78 is 0. The Bertz CT molecular complexity index is 922. The molecule has 8 heteroatoms. The zero-order valence-electron chi connectivity index (χ0n) is 16.9. The molecule has 0 spiro atoms. The number of aromatic nitrogens is 1. The first-order valence-electron chi connectivity index (χ1n) is 10.5. The first kappa shape index (κ1) is 20.5. The Kier molecular flexibility index (Phi) is 6.42. The van der Waals surface area contributed by atoms with Crippen LogP contribution in [0.2, 0.25) is 0 Å². The highest BCUT2D eigenvalue weighted by Gasteiger charge is 2.25. The number of benzene rings is 1. The average Bonchev–Trinajstić information content (AvgIpc) is 3.40. The third-order valence-corrected chi connectivity index (χ3v) is 6.65. The molecule has 0 saturated heterocycles. The molecule has 7 nitrogen and oxygen atoms in total. The van der Waals surface area contributed by atoms with Crippen LogP contribution in [0.15, 0.2) is 30.3 Å². The van der Waals surface area contributed by atoms with Crippen molar-refractivity contribution in [3.05, 3.63) is 46.5 Å². The van der Waals surface area contributed by atoms with Gasteiger partial charge in [0, 0.05) is 42.3 Å². The van der Waals surface area contributed by atoms with E-state index >= 15 is 0 Å². The molecule has 2 N–H and O–H groups in total. The van der Waals surface area contributed by atoms with Crippen LogP contribution in [0, 0.1) is 0 Å². The zero-order chi connectivity index (χ0) is 20.9. The lowest BCUT2D eigenvalue weighted by atomic mass is 10.1. The van der Waals surface area contributed by atoms with E-state index in [0.29, 0.717) is 30.2 Å². The summed E-state index contributed by atoms with van der Waals surface area (Å²) in [6.45, 7) is 1.07. The molecule has 0 atom stereocenters. The molecule has 1 aromatic carbocycles. The number of amides is 3. The van der Waals surface area contributed by atoms with Gasteiger partial charge in [-0.25, -0.2) is 9.78 Å². The van der Waals surface area contributed by atoms with Gasteiger partial charge in [0.1, 0.15) is 0 Å². The molecular formula is C22H26N4O3S. The highest BCUT2D eigenvalue weighted by atomic mass is 32.1. The van der Waals surface area contributed by atoms with Crippen molar-refractivity contribution in [1.82, 2.24) is 15.2 Å². The van der Waals surface area contributed by atoms with Crippen molar-refractivity contribution in [3.8, 4) is 0 Å². The van der Waals surface area contributed by atoms with Crippen molar-refractivity contribution < 1.29 is 14.4 Å². The van der Waals surface area contributed by atoms with Crippen molar-refractivity contribution in [2.45, 2.75) is 57.5 Å². The predicted octanol–water partition coefficient (Wildman–Crippen LogP) is 3.76. The molecular weight excluding hydrogens is 400 g/mol. The molecule has 2 aromatic rings. The summed E-state index contributed by atoms with van der Waals surface area (Å²) in [6.07, 6.45) is 5.47. The second-order valence-corrected chi connectivity index (χ2v) is 8.91. The van der Waals surface area contributed by atoms with Crippen LogP contribution in [0.1, 0.15) is 59.5 Å². The normalized spacial score (nSPS) is 16.2. The fraction of sp³-hybridized carbons (Fsp3) is 0.455. The van der Waals surface area contributed by atoms with Crippen LogP contribution in [0.3, 0.4) is 0 Å². The molecule has 1 aliphatic heterocycles. The zero-order valence-corrected chi connectivity index (χ0v) is 17.7. The predicted molar refractivity (Wildman–Crippen MR) is 116 cm³/mol. The van der Waals surface area contributed by atoms with Crippen molar-refractivity contribution in [2.24, 2.45) is 0 Å². The lowest BCUT2D eigenvalue weighted by Gasteiger charge is -2.26. The van der Waals surface area contributed by atoms with Crippen molar-refractivity contribution in [1.29, 1.82) is 0 Å². The van der Waals surface area contributed by atoms with Crippen LogP contribution in [0.5, 0.6) is 0 Å². The quantitative estimate of drug-likeness (QED) is 0.688. The van der Waals surface area contributed by atoms with E-state index in [1.807, 2.05) is 18.2 Å². The van der Waals surface area contributed by atoms with Crippen LogP contribution in [-0.2, 0) is 17.8 Å². The summed E-state index contributed by atoms with van der Waals surface area (Å²) in [5, 5.41) is 6.41. The van der Waals surface area contributed by atoms with Crippen LogP contribution >= 0.6 is 11.3 Å². The topological polar surface area (TPSA) is 91.4 Å². The molecule has 2 heterocycles. The van der Waals surface area contributed by atoms with Gasteiger partial charge in [-0.3, -0.25) is 14.9 Å². The molecule has 1 aromatic heterocycles. The van der Waals surface area contributed by atoms with Crippen LogP contribution < -0.4 is 10.6 Å². The maximum atomic E-state index is 12.6. The highest BCUT2D eigenvalue weighted by Crippen LogP contribution is 2.29. The standard InChI is InChI=1S/C22H26N4O3S/c27-18(15-6-2-1-3-7-15)10-11-20(28)26-13-12-17-19(14-26)30-22(24-17)25-21(29)23-16-8-4-5-9-16/h1-3,6-7,16H,4-5,8-14H2,(H2,23,24,25,29). The summed E-state index contributed by atoms with van der Waals surface area (Å²) in [7, 11) is 0. The van der Waals surface area contributed by atoms with E-state index in [-0.39, 0.29) is 36.6 Å². The van der Waals surface area contributed by atoms with Gasteiger partial charge in [-0.1, -0.05) is 54.5 Å². The van der Waals surface area contributed by atoms with E-state index < -0.39 is 0 Å². The SMILES string of the molecule is O=C(Nc1nc2c(s1)CN(C(=O)CCC(=O)c1ccccc1)CC2)NC1CCCC1. The third kappa shape index (κ3) is 5.05. The lowest BCUT2D eigenvalue weighted by molar-refractivity contribution is -0.132. The van der Waals surface area contributed by atoms with Gasteiger partial charge in [0.15, 0.2) is 10.9 Å². The summed E-state index contributed by atoms with van der Waals surface area (Å²) in [5.41, 5.74) is 1.58. The minimum Gasteiger partial charge on any atom is -0.337 e. The van der Waals surface area contributed by atoms with E-state index in [4.69, 9.17) is 0 Å². The molecule has 0 unspecified atom stereocenters. The Balaban J connectivity index is 1.28. The van der Waals surface area contributed by atoms with E-state index in [0.717, 1.165) is 36.3 Å². The minimum atomic E-state index is -0.208. The fourth-order valence-corrected chi connectivity index (χ4v) is 5.02. The highest BCUT2D eigenvalue weighted by molar-refractivity contribution is 7.15. The molecule has 3 amide bonds. The number of carbonyl (C=O) groups is 3. The van der Waals surface area contributed by atoms with E-state index in [1.165, 1.54) is 11.3 Å². The summed E-state index contributed by atoms with van der Waals surface area (Å²) in [5.74, 6) is -0.0361. The molecule has 4 rings (SSSR count). The summed E-state index contributed by atoms with van der Waals surface area (Å²) in [4.78, 5) is 44.3. The number of urea groups is 1. The average molecular weight is 427 g/mol. The van der Waals surface area contributed by atoms with Crippen molar-refractivity contribution in [2.75, 3.05) is 11.9 Å². The molecule has 158 valence electrons. The number of Topliss-reactive ketones (excluding diaryl/α,β-unsaturated/α-hetero) is 1. The lowest BCUT2D eigenvalue weighted by Crippen LogP contribution is -2.36. The Labute approximate surface area is 179 Å². The Morgan fingerprint density at radius 2 is 1.87 bits per heavy atom. The largest absolute Gasteiger partial charge is 0.337 e. The number of carbonyl (C=O) groups excluding carboxylic acids is 3. The monoisotopic (exact) mass is 426 g/mol. The second-order valence-electron chi connectivity index (χ2n) is 7.82. The molecule has 0 radical (unpaired) electrons. The van der Waals surface area contributed by atoms with Crippen LogP contribution in [0.25, 0.3) is 0 Å². The fourth-order valence-electron chi connectivity index (χ4n) is 4.00.